The number of hydrogen-bond acceptors (Lipinski definition) is 3. The Morgan fingerprint density at radius 2 is 2.00 bits per heavy atom. The van der Waals surface area contributed by atoms with Crippen LogP contribution in [0.2, 0.25) is 0 Å². The number of nitro groups is 1. The maximum Gasteiger partial charge on any atom is 0.269 e. The highest BCUT2D eigenvalue weighted by atomic mass is 19.1. The molecule has 2 aromatic carbocycles. The molecule has 0 spiro atoms. The molecular weight excluding hydrogens is 271 g/mol. The molecule has 0 fully saturated rings. The maximum absolute atomic E-state index is 13.1. The molecule has 0 heterocycles. The SMILES string of the molecule is CC(NCCc1cccc(F)c1)c1cccc([N+](=O)[O-])c1. The molecule has 2 rings (SSSR count). The number of rotatable bonds is 6. The largest absolute Gasteiger partial charge is 0.310 e. The van der Waals surface area contributed by atoms with Crippen LogP contribution in [0.4, 0.5) is 10.1 Å². The third kappa shape index (κ3) is 4.36. The quantitative estimate of drug-likeness (QED) is 0.652. The molecule has 1 N–H and O–H groups in total. The third-order valence-corrected chi connectivity index (χ3v) is 3.33. The van der Waals surface area contributed by atoms with Gasteiger partial charge in [-0.2, -0.15) is 0 Å². The van der Waals surface area contributed by atoms with Crippen LogP contribution < -0.4 is 5.32 Å². The standard InChI is InChI=1S/C16H17FN2O2/c1-12(14-5-3-7-16(11-14)19(20)21)18-9-8-13-4-2-6-15(17)10-13/h2-7,10-12,18H,8-9H2,1H3. The average Bonchev–Trinajstić information content (AvgIpc) is 2.47. The van der Waals surface area contributed by atoms with Crippen molar-refractivity contribution in [1.82, 2.24) is 5.32 Å². The fourth-order valence-electron chi connectivity index (χ4n) is 2.15. The van der Waals surface area contributed by atoms with Crippen molar-refractivity contribution < 1.29 is 9.31 Å². The molecule has 0 bridgehead atoms. The minimum atomic E-state index is -0.400. The van der Waals surface area contributed by atoms with E-state index in [1.807, 2.05) is 19.1 Å². The highest BCUT2D eigenvalue weighted by molar-refractivity contribution is 5.35. The number of benzene rings is 2. The van der Waals surface area contributed by atoms with Crippen LogP contribution in [-0.4, -0.2) is 11.5 Å². The molecule has 1 atom stereocenters. The lowest BCUT2D eigenvalue weighted by Gasteiger charge is -2.14. The number of nitrogens with one attached hydrogen (secondary N) is 1. The molecule has 0 amide bonds. The number of halogens is 1. The molecule has 5 heteroatoms. The van der Waals surface area contributed by atoms with Crippen LogP contribution in [0.15, 0.2) is 48.5 Å². The van der Waals surface area contributed by atoms with E-state index in [0.29, 0.717) is 13.0 Å². The molecule has 0 aliphatic carbocycles. The predicted molar refractivity (Wildman–Crippen MR) is 79.6 cm³/mol. The molecule has 0 aromatic heterocycles. The van der Waals surface area contributed by atoms with Gasteiger partial charge in [0, 0.05) is 18.2 Å². The van der Waals surface area contributed by atoms with E-state index in [2.05, 4.69) is 5.32 Å². The Morgan fingerprint density at radius 1 is 1.24 bits per heavy atom. The summed E-state index contributed by atoms with van der Waals surface area (Å²) in [6.45, 7) is 2.62. The Bertz CT molecular complexity index is 631. The van der Waals surface area contributed by atoms with Gasteiger partial charge in [-0.05, 0) is 43.1 Å². The molecule has 0 aliphatic rings. The third-order valence-electron chi connectivity index (χ3n) is 3.33. The van der Waals surface area contributed by atoms with Crippen molar-refractivity contribution in [2.45, 2.75) is 19.4 Å². The van der Waals surface area contributed by atoms with Gasteiger partial charge < -0.3 is 5.32 Å². The summed E-state index contributed by atoms with van der Waals surface area (Å²) >= 11 is 0. The first-order valence-electron chi connectivity index (χ1n) is 6.78. The molecule has 0 radical (unpaired) electrons. The maximum atomic E-state index is 13.1. The number of non-ortho nitro benzene ring substituents is 1. The Balaban J connectivity index is 1.91. The van der Waals surface area contributed by atoms with E-state index in [-0.39, 0.29) is 17.5 Å². The first kappa shape index (κ1) is 15.1. The second kappa shape index (κ2) is 6.95. The molecule has 4 nitrogen and oxygen atoms in total. The van der Waals surface area contributed by atoms with Crippen LogP contribution >= 0.6 is 0 Å². The van der Waals surface area contributed by atoms with Gasteiger partial charge in [-0.25, -0.2) is 4.39 Å². The molecule has 0 saturated heterocycles. The van der Waals surface area contributed by atoms with Crippen LogP contribution in [0.25, 0.3) is 0 Å². The number of hydrogen-bond donors (Lipinski definition) is 1. The van der Waals surface area contributed by atoms with Crippen molar-refractivity contribution in [3.8, 4) is 0 Å². The van der Waals surface area contributed by atoms with E-state index in [4.69, 9.17) is 0 Å². The number of nitro benzene ring substituents is 1. The van der Waals surface area contributed by atoms with E-state index in [0.717, 1.165) is 11.1 Å². The lowest BCUT2D eigenvalue weighted by atomic mass is 10.1. The van der Waals surface area contributed by atoms with Gasteiger partial charge in [0.25, 0.3) is 5.69 Å². The summed E-state index contributed by atoms with van der Waals surface area (Å²) in [5, 5.41) is 14.0. The zero-order valence-electron chi connectivity index (χ0n) is 11.8. The molecule has 2 aromatic rings. The van der Waals surface area contributed by atoms with E-state index < -0.39 is 4.92 Å². The monoisotopic (exact) mass is 288 g/mol. The molecular formula is C16H17FN2O2. The van der Waals surface area contributed by atoms with Crippen LogP contribution in [-0.2, 0) is 6.42 Å². The Hall–Kier alpha value is -2.27. The summed E-state index contributed by atoms with van der Waals surface area (Å²) in [5.74, 6) is -0.237. The minimum absolute atomic E-state index is 0.00143. The number of nitrogens with zero attached hydrogens (tertiary/aromatic N) is 1. The van der Waals surface area contributed by atoms with Crippen LogP contribution in [0.1, 0.15) is 24.1 Å². The van der Waals surface area contributed by atoms with Crippen molar-refractivity contribution in [3.63, 3.8) is 0 Å². The zero-order chi connectivity index (χ0) is 15.2. The topological polar surface area (TPSA) is 55.2 Å². The van der Waals surface area contributed by atoms with E-state index >= 15 is 0 Å². The second-order valence-corrected chi connectivity index (χ2v) is 4.91. The first-order chi connectivity index (χ1) is 10.1. The predicted octanol–water partition coefficient (Wildman–Crippen LogP) is 3.63. The van der Waals surface area contributed by atoms with Crippen molar-refractivity contribution in [2.24, 2.45) is 0 Å². The zero-order valence-corrected chi connectivity index (χ0v) is 11.8. The highest BCUT2D eigenvalue weighted by Gasteiger charge is 2.10. The van der Waals surface area contributed by atoms with Gasteiger partial charge in [-0.3, -0.25) is 10.1 Å². The van der Waals surface area contributed by atoms with Crippen molar-refractivity contribution in [3.05, 3.63) is 75.6 Å². The van der Waals surface area contributed by atoms with E-state index in [9.17, 15) is 14.5 Å². The van der Waals surface area contributed by atoms with E-state index in [1.165, 1.54) is 18.2 Å². The summed E-state index contributed by atoms with van der Waals surface area (Å²) in [5.41, 5.74) is 1.88. The lowest BCUT2D eigenvalue weighted by molar-refractivity contribution is -0.384. The van der Waals surface area contributed by atoms with Gasteiger partial charge in [0.05, 0.1) is 4.92 Å². The van der Waals surface area contributed by atoms with Gasteiger partial charge in [-0.15, -0.1) is 0 Å². The van der Waals surface area contributed by atoms with E-state index in [1.54, 1.807) is 18.2 Å². The summed E-state index contributed by atoms with van der Waals surface area (Å²) in [6, 6.07) is 13.1. The molecule has 21 heavy (non-hydrogen) atoms. The summed E-state index contributed by atoms with van der Waals surface area (Å²) < 4.78 is 13.1. The molecule has 0 saturated carbocycles. The van der Waals surface area contributed by atoms with Crippen molar-refractivity contribution in [1.29, 1.82) is 0 Å². The van der Waals surface area contributed by atoms with Gasteiger partial charge in [0.15, 0.2) is 0 Å². The highest BCUT2D eigenvalue weighted by Crippen LogP contribution is 2.18. The van der Waals surface area contributed by atoms with Crippen LogP contribution in [0.3, 0.4) is 0 Å². The van der Waals surface area contributed by atoms with Crippen LogP contribution in [0.5, 0.6) is 0 Å². The second-order valence-electron chi connectivity index (χ2n) is 4.91. The summed E-state index contributed by atoms with van der Waals surface area (Å²) in [7, 11) is 0. The van der Waals surface area contributed by atoms with Gasteiger partial charge in [0.1, 0.15) is 5.82 Å². The van der Waals surface area contributed by atoms with Gasteiger partial charge >= 0.3 is 0 Å². The smallest absolute Gasteiger partial charge is 0.269 e. The van der Waals surface area contributed by atoms with Crippen LogP contribution in [0, 0.1) is 15.9 Å². The average molecular weight is 288 g/mol. The molecule has 0 aliphatic heterocycles. The fourth-order valence-corrected chi connectivity index (χ4v) is 2.15. The van der Waals surface area contributed by atoms with Crippen molar-refractivity contribution >= 4 is 5.69 Å². The molecule has 1 unspecified atom stereocenters. The minimum Gasteiger partial charge on any atom is -0.310 e. The fraction of sp³-hybridized carbons (Fsp3) is 0.250. The van der Waals surface area contributed by atoms with Gasteiger partial charge in [0.2, 0.25) is 0 Å². The first-order valence-corrected chi connectivity index (χ1v) is 6.78. The normalized spacial score (nSPS) is 12.1. The van der Waals surface area contributed by atoms with Gasteiger partial charge in [-0.1, -0.05) is 24.3 Å². The summed E-state index contributed by atoms with van der Waals surface area (Å²) in [4.78, 5) is 10.4. The molecule has 110 valence electrons. The Morgan fingerprint density at radius 3 is 2.71 bits per heavy atom. The Labute approximate surface area is 122 Å². The van der Waals surface area contributed by atoms with Crippen molar-refractivity contribution in [2.75, 3.05) is 6.54 Å². The Kier molecular flexibility index (Phi) is 5.00. The summed E-state index contributed by atoms with van der Waals surface area (Å²) in [6.07, 6.45) is 0.705. The lowest BCUT2D eigenvalue weighted by Crippen LogP contribution is -2.21.